The van der Waals surface area contributed by atoms with E-state index in [9.17, 15) is 0 Å². The van der Waals surface area contributed by atoms with Crippen molar-refractivity contribution in [2.45, 2.75) is 13.0 Å². The van der Waals surface area contributed by atoms with Crippen LogP contribution in [0.1, 0.15) is 17.6 Å². The van der Waals surface area contributed by atoms with Gasteiger partial charge < -0.3 is 4.90 Å². The lowest BCUT2D eigenvalue weighted by molar-refractivity contribution is 0.109. The molecule has 0 radical (unpaired) electrons. The predicted octanol–water partition coefficient (Wildman–Crippen LogP) is 1.96. The van der Waals surface area contributed by atoms with Crippen molar-refractivity contribution in [3.05, 3.63) is 20.2 Å². The topological polar surface area (TPSA) is 32.3 Å². The second kappa shape index (κ2) is 5.34. The van der Waals surface area contributed by atoms with E-state index < -0.39 is 0 Å². The minimum absolute atomic E-state index is 0.238. The van der Waals surface area contributed by atoms with Gasteiger partial charge in [-0.2, -0.15) is 0 Å². The Hall–Kier alpha value is 0.0200. The van der Waals surface area contributed by atoms with Crippen molar-refractivity contribution in [2.24, 2.45) is 0 Å². The standard InChI is InChI=1S/C11H16ClIN4/c1-7-9(13)10(12)15-11(14-7)8-6-16(2)4-5-17(8)3/h8H,4-6H2,1-3H3. The summed E-state index contributed by atoms with van der Waals surface area (Å²) in [4.78, 5) is 13.6. The van der Waals surface area contributed by atoms with Crippen molar-refractivity contribution in [1.29, 1.82) is 0 Å². The van der Waals surface area contributed by atoms with E-state index in [2.05, 4.69) is 56.5 Å². The molecular weight excluding hydrogens is 351 g/mol. The smallest absolute Gasteiger partial charge is 0.148 e. The Balaban J connectivity index is 2.32. The van der Waals surface area contributed by atoms with E-state index in [4.69, 9.17) is 11.6 Å². The van der Waals surface area contributed by atoms with Crippen LogP contribution in [0.3, 0.4) is 0 Å². The Morgan fingerprint density at radius 2 is 2.00 bits per heavy atom. The van der Waals surface area contributed by atoms with Gasteiger partial charge in [0.05, 0.1) is 15.3 Å². The van der Waals surface area contributed by atoms with Crippen molar-refractivity contribution < 1.29 is 0 Å². The number of likely N-dealkylation sites (N-methyl/N-ethyl adjacent to an activating group) is 2. The highest BCUT2D eigenvalue weighted by molar-refractivity contribution is 14.1. The van der Waals surface area contributed by atoms with Crippen LogP contribution in [0, 0.1) is 10.5 Å². The molecule has 0 aromatic carbocycles. The van der Waals surface area contributed by atoms with E-state index in [0.717, 1.165) is 34.7 Å². The van der Waals surface area contributed by atoms with Crippen LogP contribution >= 0.6 is 34.2 Å². The van der Waals surface area contributed by atoms with Crippen LogP contribution in [0.2, 0.25) is 5.15 Å². The maximum Gasteiger partial charge on any atom is 0.148 e. The second-order valence-electron chi connectivity index (χ2n) is 4.53. The molecule has 1 saturated heterocycles. The monoisotopic (exact) mass is 366 g/mol. The van der Waals surface area contributed by atoms with Crippen LogP contribution in [-0.4, -0.2) is 53.5 Å². The van der Waals surface area contributed by atoms with Gasteiger partial charge in [0, 0.05) is 19.6 Å². The molecule has 1 atom stereocenters. The summed E-state index contributed by atoms with van der Waals surface area (Å²) in [6.45, 7) is 5.05. The van der Waals surface area contributed by atoms with Crippen LogP contribution in [0.25, 0.3) is 0 Å². The van der Waals surface area contributed by atoms with Gasteiger partial charge in [-0.3, -0.25) is 4.90 Å². The summed E-state index contributed by atoms with van der Waals surface area (Å²) in [6.07, 6.45) is 0. The number of rotatable bonds is 1. The van der Waals surface area contributed by atoms with Crippen LogP contribution in [0.15, 0.2) is 0 Å². The SMILES string of the molecule is Cc1nc(C2CN(C)CCN2C)nc(Cl)c1I. The number of piperazine rings is 1. The zero-order valence-electron chi connectivity index (χ0n) is 10.2. The highest BCUT2D eigenvalue weighted by atomic mass is 127. The zero-order chi connectivity index (χ0) is 12.6. The molecule has 94 valence electrons. The summed E-state index contributed by atoms with van der Waals surface area (Å²) < 4.78 is 0.944. The molecule has 0 bridgehead atoms. The molecule has 17 heavy (non-hydrogen) atoms. The first kappa shape index (κ1) is 13.5. The molecule has 4 nitrogen and oxygen atoms in total. The van der Waals surface area contributed by atoms with Crippen LogP contribution < -0.4 is 0 Å². The second-order valence-corrected chi connectivity index (χ2v) is 5.97. The average molecular weight is 367 g/mol. The molecule has 6 heteroatoms. The third kappa shape index (κ3) is 2.89. The Bertz CT molecular complexity index is 403. The molecule has 1 aromatic heterocycles. The lowest BCUT2D eigenvalue weighted by atomic mass is 10.1. The molecule has 0 aliphatic carbocycles. The fourth-order valence-corrected chi connectivity index (χ4v) is 2.45. The first-order valence-electron chi connectivity index (χ1n) is 5.57. The molecule has 2 rings (SSSR count). The number of hydrogen-bond acceptors (Lipinski definition) is 4. The third-order valence-electron chi connectivity index (χ3n) is 3.14. The molecule has 0 amide bonds. The van der Waals surface area contributed by atoms with Crippen molar-refractivity contribution in [3.63, 3.8) is 0 Å². The highest BCUT2D eigenvalue weighted by Gasteiger charge is 2.26. The fraction of sp³-hybridized carbons (Fsp3) is 0.636. The van der Waals surface area contributed by atoms with Crippen LogP contribution in [0.5, 0.6) is 0 Å². The van der Waals surface area contributed by atoms with E-state index >= 15 is 0 Å². The van der Waals surface area contributed by atoms with Gasteiger partial charge in [0.2, 0.25) is 0 Å². The number of nitrogens with zero attached hydrogens (tertiary/aromatic N) is 4. The molecule has 0 N–H and O–H groups in total. The largest absolute Gasteiger partial charge is 0.303 e. The zero-order valence-corrected chi connectivity index (χ0v) is 13.2. The molecule has 1 aliphatic rings. The first-order valence-corrected chi connectivity index (χ1v) is 7.03. The van der Waals surface area contributed by atoms with Crippen molar-refractivity contribution in [1.82, 2.24) is 19.8 Å². The lowest BCUT2D eigenvalue weighted by Crippen LogP contribution is -2.45. The Morgan fingerprint density at radius 3 is 2.65 bits per heavy atom. The molecule has 1 aliphatic heterocycles. The molecule has 2 heterocycles. The predicted molar refractivity (Wildman–Crippen MR) is 77.4 cm³/mol. The lowest BCUT2D eigenvalue weighted by Gasteiger charge is -2.36. The van der Waals surface area contributed by atoms with Gasteiger partial charge in [-0.15, -0.1) is 0 Å². The number of aromatic nitrogens is 2. The van der Waals surface area contributed by atoms with Gasteiger partial charge in [0.1, 0.15) is 11.0 Å². The fourth-order valence-electron chi connectivity index (χ4n) is 1.98. The van der Waals surface area contributed by atoms with Crippen molar-refractivity contribution in [2.75, 3.05) is 33.7 Å². The van der Waals surface area contributed by atoms with Gasteiger partial charge in [0.25, 0.3) is 0 Å². The third-order valence-corrected chi connectivity index (χ3v) is 5.03. The van der Waals surface area contributed by atoms with E-state index in [1.54, 1.807) is 0 Å². The molecular formula is C11H16ClIN4. The Morgan fingerprint density at radius 1 is 1.29 bits per heavy atom. The summed E-state index contributed by atoms with van der Waals surface area (Å²) in [5.74, 6) is 0.835. The molecule has 0 spiro atoms. The summed E-state index contributed by atoms with van der Waals surface area (Å²) in [5, 5.41) is 0.565. The van der Waals surface area contributed by atoms with Gasteiger partial charge in [-0.25, -0.2) is 9.97 Å². The minimum Gasteiger partial charge on any atom is -0.303 e. The normalized spacial score (nSPS) is 23.0. The number of hydrogen-bond donors (Lipinski definition) is 0. The molecule has 1 fully saturated rings. The number of aryl methyl sites for hydroxylation is 1. The van der Waals surface area contributed by atoms with Crippen LogP contribution in [0.4, 0.5) is 0 Å². The average Bonchev–Trinajstić information content (AvgIpc) is 2.28. The van der Waals surface area contributed by atoms with Gasteiger partial charge in [-0.1, -0.05) is 11.6 Å². The quantitative estimate of drug-likeness (QED) is 0.562. The maximum absolute atomic E-state index is 6.13. The number of halogens is 2. The minimum atomic E-state index is 0.238. The van der Waals surface area contributed by atoms with E-state index in [-0.39, 0.29) is 6.04 Å². The highest BCUT2D eigenvalue weighted by Crippen LogP contribution is 2.25. The molecule has 1 aromatic rings. The van der Waals surface area contributed by atoms with Crippen LogP contribution in [-0.2, 0) is 0 Å². The van der Waals surface area contributed by atoms with Crippen molar-refractivity contribution in [3.8, 4) is 0 Å². The summed E-state index contributed by atoms with van der Waals surface area (Å²) in [5.41, 5.74) is 0.960. The molecule has 1 unspecified atom stereocenters. The van der Waals surface area contributed by atoms with E-state index in [0.29, 0.717) is 5.15 Å². The van der Waals surface area contributed by atoms with Gasteiger partial charge in [0.15, 0.2) is 0 Å². The van der Waals surface area contributed by atoms with E-state index in [1.807, 2.05) is 6.92 Å². The van der Waals surface area contributed by atoms with Crippen molar-refractivity contribution >= 4 is 34.2 Å². The Labute approximate surface area is 121 Å². The molecule has 0 saturated carbocycles. The summed E-state index contributed by atoms with van der Waals surface area (Å²) in [6, 6.07) is 0.238. The van der Waals surface area contributed by atoms with Gasteiger partial charge >= 0.3 is 0 Å². The Kier molecular flexibility index (Phi) is 4.22. The van der Waals surface area contributed by atoms with Gasteiger partial charge in [-0.05, 0) is 43.6 Å². The maximum atomic E-state index is 6.13. The first-order chi connectivity index (χ1) is 7.99. The summed E-state index contributed by atoms with van der Waals surface area (Å²) in [7, 11) is 4.24. The summed E-state index contributed by atoms with van der Waals surface area (Å²) >= 11 is 8.32. The van der Waals surface area contributed by atoms with E-state index in [1.165, 1.54) is 0 Å².